The van der Waals surface area contributed by atoms with Crippen LogP contribution in [0.2, 0.25) is 0 Å². The number of aryl methyl sites for hydroxylation is 2. The van der Waals surface area contributed by atoms with Gasteiger partial charge in [-0.15, -0.1) is 0 Å². The van der Waals surface area contributed by atoms with E-state index in [1.54, 1.807) is 0 Å². The predicted molar refractivity (Wildman–Crippen MR) is 103 cm³/mol. The van der Waals surface area contributed by atoms with E-state index in [1.165, 1.54) is 11.1 Å². The van der Waals surface area contributed by atoms with Gasteiger partial charge in [0.15, 0.2) is 0 Å². The van der Waals surface area contributed by atoms with E-state index in [1.807, 2.05) is 36.4 Å². The van der Waals surface area contributed by atoms with Crippen molar-refractivity contribution in [2.24, 2.45) is 11.8 Å². The Morgan fingerprint density at radius 1 is 1.04 bits per heavy atom. The lowest BCUT2D eigenvalue weighted by atomic mass is 9.95. The number of amides is 2. The van der Waals surface area contributed by atoms with Crippen LogP contribution in [-0.2, 0) is 9.59 Å². The van der Waals surface area contributed by atoms with Crippen LogP contribution in [0, 0.1) is 25.7 Å². The number of nitrogens with one attached hydrogen (secondary N) is 2. The maximum Gasteiger partial charge on any atom is 0.240 e. The van der Waals surface area contributed by atoms with Crippen molar-refractivity contribution in [1.82, 2.24) is 10.6 Å². The minimum absolute atomic E-state index is 0.0101. The van der Waals surface area contributed by atoms with Crippen molar-refractivity contribution in [3.63, 3.8) is 0 Å². The summed E-state index contributed by atoms with van der Waals surface area (Å²) in [4.78, 5) is 24.4. The van der Waals surface area contributed by atoms with Gasteiger partial charge in [0.1, 0.15) is 0 Å². The van der Waals surface area contributed by atoms with Gasteiger partial charge in [0, 0.05) is 5.92 Å². The molecule has 26 heavy (non-hydrogen) atoms. The Morgan fingerprint density at radius 2 is 1.73 bits per heavy atom. The quantitative estimate of drug-likeness (QED) is 0.840. The number of rotatable bonds is 6. The van der Waals surface area contributed by atoms with Gasteiger partial charge >= 0.3 is 0 Å². The minimum Gasteiger partial charge on any atom is -0.347 e. The fourth-order valence-electron chi connectivity index (χ4n) is 3.15. The summed E-state index contributed by atoms with van der Waals surface area (Å²) in [6, 6.07) is 15.9. The van der Waals surface area contributed by atoms with Crippen LogP contribution in [0.1, 0.15) is 41.6 Å². The summed E-state index contributed by atoms with van der Waals surface area (Å²) in [7, 11) is 0. The van der Waals surface area contributed by atoms with Crippen molar-refractivity contribution >= 4 is 11.8 Å². The van der Waals surface area contributed by atoms with Crippen LogP contribution in [0.4, 0.5) is 0 Å². The Bertz CT molecular complexity index is 801. The van der Waals surface area contributed by atoms with Crippen LogP contribution >= 0.6 is 0 Å². The zero-order valence-electron chi connectivity index (χ0n) is 15.6. The monoisotopic (exact) mass is 350 g/mol. The van der Waals surface area contributed by atoms with Crippen molar-refractivity contribution in [2.75, 3.05) is 6.54 Å². The van der Waals surface area contributed by atoms with Crippen molar-refractivity contribution in [3.05, 3.63) is 70.8 Å². The summed E-state index contributed by atoms with van der Waals surface area (Å²) < 4.78 is 0. The maximum absolute atomic E-state index is 12.5. The second-order valence-electron chi connectivity index (χ2n) is 7.29. The molecule has 3 rings (SSSR count). The fourth-order valence-corrected chi connectivity index (χ4v) is 3.15. The molecule has 136 valence electrons. The van der Waals surface area contributed by atoms with E-state index in [0.717, 1.165) is 17.5 Å². The smallest absolute Gasteiger partial charge is 0.240 e. The van der Waals surface area contributed by atoms with Gasteiger partial charge in [0.25, 0.3) is 0 Å². The molecule has 0 bridgehead atoms. The van der Waals surface area contributed by atoms with Gasteiger partial charge < -0.3 is 10.6 Å². The third-order valence-electron chi connectivity index (χ3n) is 5.17. The van der Waals surface area contributed by atoms with E-state index in [4.69, 9.17) is 0 Å². The molecule has 0 aromatic heterocycles. The van der Waals surface area contributed by atoms with E-state index in [0.29, 0.717) is 5.92 Å². The van der Waals surface area contributed by atoms with Crippen molar-refractivity contribution in [1.29, 1.82) is 0 Å². The van der Waals surface area contributed by atoms with E-state index in [2.05, 4.69) is 43.5 Å². The molecule has 4 nitrogen and oxygen atoms in total. The van der Waals surface area contributed by atoms with Crippen LogP contribution in [0.3, 0.4) is 0 Å². The van der Waals surface area contributed by atoms with Crippen molar-refractivity contribution in [3.8, 4) is 0 Å². The van der Waals surface area contributed by atoms with Gasteiger partial charge in [-0.3, -0.25) is 9.59 Å². The highest BCUT2D eigenvalue weighted by Crippen LogP contribution is 2.37. The zero-order chi connectivity index (χ0) is 18.7. The molecule has 4 heteroatoms. The second kappa shape index (κ2) is 7.73. The van der Waals surface area contributed by atoms with Gasteiger partial charge in [-0.05, 0) is 48.4 Å². The molecule has 2 N–H and O–H groups in total. The summed E-state index contributed by atoms with van der Waals surface area (Å²) >= 11 is 0. The summed E-state index contributed by atoms with van der Waals surface area (Å²) in [6.45, 7) is 6.20. The van der Waals surface area contributed by atoms with Crippen LogP contribution < -0.4 is 10.6 Å². The molecule has 1 saturated carbocycles. The fraction of sp³-hybridized carbons (Fsp3) is 0.364. The van der Waals surface area contributed by atoms with E-state index < -0.39 is 0 Å². The summed E-state index contributed by atoms with van der Waals surface area (Å²) in [5.41, 5.74) is 4.47. The summed E-state index contributed by atoms with van der Waals surface area (Å²) in [5.74, 6) is 0.312. The first-order valence-corrected chi connectivity index (χ1v) is 9.15. The SMILES string of the molecule is Cc1ccc([C@H](NC(=O)CNC(=O)[C@H]2C[C@@H]2C)c2ccccc2)cc1C. The summed E-state index contributed by atoms with van der Waals surface area (Å²) in [6.07, 6.45) is 0.919. The topological polar surface area (TPSA) is 58.2 Å². The lowest BCUT2D eigenvalue weighted by molar-refractivity contribution is -0.127. The molecule has 0 saturated heterocycles. The number of carbonyl (C=O) groups is 2. The molecule has 0 unspecified atom stereocenters. The Labute approximate surface area is 155 Å². The van der Waals surface area contributed by atoms with Gasteiger partial charge in [-0.2, -0.15) is 0 Å². The van der Waals surface area contributed by atoms with Crippen LogP contribution in [-0.4, -0.2) is 18.4 Å². The van der Waals surface area contributed by atoms with Gasteiger partial charge in [-0.25, -0.2) is 0 Å². The highest BCUT2D eigenvalue weighted by Gasteiger charge is 2.39. The molecule has 1 aliphatic carbocycles. The molecule has 2 aromatic rings. The molecular weight excluding hydrogens is 324 g/mol. The number of benzene rings is 2. The van der Waals surface area contributed by atoms with Crippen LogP contribution in [0.5, 0.6) is 0 Å². The first-order valence-electron chi connectivity index (χ1n) is 9.15. The van der Waals surface area contributed by atoms with Gasteiger partial charge in [0.2, 0.25) is 11.8 Å². The lowest BCUT2D eigenvalue weighted by Gasteiger charge is -2.21. The Hall–Kier alpha value is -2.62. The molecule has 2 amide bonds. The van der Waals surface area contributed by atoms with E-state index in [-0.39, 0.29) is 30.3 Å². The first-order chi connectivity index (χ1) is 12.5. The maximum atomic E-state index is 12.5. The van der Waals surface area contributed by atoms with Crippen LogP contribution in [0.15, 0.2) is 48.5 Å². The summed E-state index contributed by atoms with van der Waals surface area (Å²) in [5, 5.41) is 5.82. The van der Waals surface area contributed by atoms with Gasteiger partial charge in [0.05, 0.1) is 12.6 Å². The molecule has 1 aliphatic rings. The molecule has 2 aromatic carbocycles. The molecular formula is C22H26N2O2. The van der Waals surface area contributed by atoms with Crippen LogP contribution in [0.25, 0.3) is 0 Å². The highest BCUT2D eigenvalue weighted by molar-refractivity contribution is 5.87. The number of hydrogen-bond acceptors (Lipinski definition) is 2. The molecule has 0 heterocycles. The third kappa shape index (κ3) is 4.31. The first kappa shape index (κ1) is 18.2. The average Bonchev–Trinajstić information content (AvgIpc) is 3.37. The van der Waals surface area contributed by atoms with Crippen molar-refractivity contribution in [2.45, 2.75) is 33.2 Å². The number of hydrogen-bond donors (Lipinski definition) is 2. The second-order valence-corrected chi connectivity index (χ2v) is 7.29. The van der Waals surface area contributed by atoms with E-state index in [9.17, 15) is 9.59 Å². The average molecular weight is 350 g/mol. The Kier molecular flexibility index (Phi) is 5.40. The van der Waals surface area contributed by atoms with Gasteiger partial charge in [-0.1, -0.05) is 55.5 Å². The van der Waals surface area contributed by atoms with E-state index >= 15 is 0 Å². The highest BCUT2D eigenvalue weighted by atomic mass is 16.2. The molecule has 0 radical (unpaired) electrons. The largest absolute Gasteiger partial charge is 0.347 e. The Balaban J connectivity index is 1.72. The zero-order valence-corrected chi connectivity index (χ0v) is 15.6. The Morgan fingerprint density at radius 3 is 2.35 bits per heavy atom. The molecule has 0 spiro atoms. The minimum atomic E-state index is -0.236. The normalized spacial score (nSPS) is 19.5. The van der Waals surface area contributed by atoms with Crippen molar-refractivity contribution < 1.29 is 9.59 Å². The molecule has 3 atom stereocenters. The lowest BCUT2D eigenvalue weighted by Crippen LogP contribution is -2.39. The molecule has 1 fully saturated rings. The number of carbonyl (C=O) groups excluding carboxylic acids is 2. The molecule has 0 aliphatic heterocycles. The predicted octanol–water partition coefficient (Wildman–Crippen LogP) is 3.28. The third-order valence-corrected chi connectivity index (χ3v) is 5.17. The standard InChI is InChI=1S/C22H26N2O2/c1-14-9-10-18(11-15(14)2)21(17-7-5-4-6-8-17)24-20(25)13-23-22(26)19-12-16(19)3/h4-11,16,19,21H,12-13H2,1-3H3,(H,23,26)(H,24,25)/t16-,19-,21+/m0/s1.